The molecule has 1 rings (SSSR count). The van der Waals surface area contributed by atoms with Crippen molar-refractivity contribution in [2.24, 2.45) is 0 Å². The lowest BCUT2D eigenvalue weighted by Gasteiger charge is -2.29. The second-order valence-corrected chi connectivity index (χ2v) is 4.38. The van der Waals surface area contributed by atoms with Crippen molar-refractivity contribution in [3.05, 3.63) is 24.3 Å². The summed E-state index contributed by atoms with van der Waals surface area (Å²) >= 11 is 0. The number of hydrogen-bond acceptors (Lipinski definition) is 5. The van der Waals surface area contributed by atoms with Crippen LogP contribution >= 0.6 is 0 Å². The van der Waals surface area contributed by atoms with Crippen LogP contribution in [0.25, 0.3) is 0 Å². The molecule has 3 N–H and O–H groups in total. The zero-order chi connectivity index (χ0) is 14.1. The average molecular weight is 269 g/mol. The predicted molar refractivity (Wildman–Crippen MR) is 73.7 cm³/mol. The summed E-state index contributed by atoms with van der Waals surface area (Å²) in [4.78, 5) is 0. The van der Waals surface area contributed by atoms with Crippen LogP contribution in [0.4, 0.5) is 0 Å². The smallest absolute Gasteiger partial charge is 0.161 e. The fourth-order valence-corrected chi connectivity index (χ4v) is 1.73. The normalized spacial score (nSPS) is 11.4. The first-order valence-corrected chi connectivity index (χ1v) is 6.44. The van der Waals surface area contributed by atoms with E-state index >= 15 is 0 Å². The van der Waals surface area contributed by atoms with Gasteiger partial charge in [0.2, 0.25) is 0 Å². The molecule has 0 aliphatic rings. The van der Waals surface area contributed by atoms with Crippen molar-refractivity contribution < 1.29 is 19.7 Å². The van der Waals surface area contributed by atoms with Gasteiger partial charge in [0.1, 0.15) is 6.61 Å². The molecule has 1 aromatic carbocycles. The standard InChI is InChI=1S/C14H23NO4/c1-3-14(10-16,11-17)15-8-9-19-13-7-5-4-6-12(13)18-2/h4-7,15-17H,3,8-11H2,1-2H3. The van der Waals surface area contributed by atoms with Crippen LogP contribution in [-0.2, 0) is 0 Å². The molecule has 1 aromatic rings. The third-order valence-electron chi connectivity index (χ3n) is 3.21. The molecule has 0 amide bonds. The number of aliphatic hydroxyl groups is 2. The van der Waals surface area contributed by atoms with Crippen LogP contribution < -0.4 is 14.8 Å². The largest absolute Gasteiger partial charge is 0.493 e. The summed E-state index contributed by atoms with van der Waals surface area (Å²) in [6.45, 7) is 2.68. The molecule has 0 saturated carbocycles. The van der Waals surface area contributed by atoms with Crippen LogP contribution in [0.1, 0.15) is 13.3 Å². The molecule has 0 radical (unpaired) electrons. The molecule has 0 aromatic heterocycles. The van der Waals surface area contributed by atoms with E-state index in [1.165, 1.54) is 0 Å². The number of aliphatic hydroxyl groups excluding tert-OH is 2. The Morgan fingerprint density at radius 2 is 1.79 bits per heavy atom. The highest BCUT2D eigenvalue weighted by atomic mass is 16.5. The van der Waals surface area contributed by atoms with E-state index < -0.39 is 5.54 Å². The topological polar surface area (TPSA) is 71.0 Å². The number of ether oxygens (including phenoxy) is 2. The molecular formula is C14H23NO4. The molecule has 5 heteroatoms. The molecule has 0 saturated heterocycles. The number of hydrogen-bond donors (Lipinski definition) is 3. The molecule has 0 aliphatic carbocycles. The lowest BCUT2D eigenvalue weighted by Crippen LogP contribution is -2.52. The van der Waals surface area contributed by atoms with E-state index in [-0.39, 0.29) is 13.2 Å². The van der Waals surface area contributed by atoms with Gasteiger partial charge in [-0.1, -0.05) is 19.1 Å². The molecule has 0 atom stereocenters. The van der Waals surface area contributed by atoms with Gasteiger partial charge in [-0.2, -0.15) is 0 Å². The van der Waals surface area contributed by atoms with Gasteiger partial charge in [-0.15, -0.1) is 0 Å². The predicted octanol–water partition coefficient (Wildman–Crippen LogP) is 0.797. The van der Waals surface area contributed by atoms with E-state index in [0.29, 0.717) is 31.1 Å². The van der Waals surface area contributed by atoms with E-state index in [2.05, 4.69) is 5.32 Å². The van der Waals surface area contributed by atoms with Crippen LogP contribution in [0, 0.1) is 0 Å². The van der Waals surface area contributed by atoms with Crippen LogP contribution in [0.5, 0.6) is 11.5 Å². The van der Waals surface area contributed by atoms with Gasteiger partial charge < -0.3 is 25.0 Å². The molecule has 0 heterocycles. The molecule has 0 aliphatic heterocycles. The number of rotatable bonds is 9. The van der Waals surface area contributed by atoms with Gasteiger partial charge in [-0.05, 0) is 18.6 Å². The Hall–Kier alpha value is -1.30. The zero-order valence-corrected chi connectivity index (χ0v) is 11.6. The Morgan fingerprint density at radius 3 is 2.32 bits per heavy atom. The second-order valence-electron chi connectivity index (χ2n) is 4.38. The van der Waals surface area contributed by atoms with E-state index in [0.717, 1.165) is 0 Å². The van der Waals surface area contributed by atoms with Crippen molar-refractivity contribution in [1.29, 1.82) is 0 Å². The highest BCUT2D eigenvalue weighted by Crippen LogP contribution is 2.25. The van der Waals surface area contributed by atoms with Crippen molar-refractivity contribution in [2.45, 2.75) is 18.9 Å². The van der Waals surface area contributed by atoms with Gasteiger partial charge in [0, 0.05) is 6.54 Å². The summed E-state index contributed by atoms with van der Waals surface area (Å²) in [6, 6.07) is 7.43. The first kappa shape index (κ1) is 15.8. The molecule has 19 heavy (non-hydrogen) atoms. The van der Waals surface area contributed by atoms with Crippen molar-refractivity contribution in [1.82, 2.24) is 5.32 Å². The molecule has 0 unspecified atom stereocenters. The summed E-state index contributed by atoms with van der Waals surface area (Å²) in [6.07, 6.45) is 0.647. The molecule has 0 fully saturated rings. The van der Waals surface area contributed by atoms with E-state index in [4.69, 9.17) is 9.47 Å². The average Bonchev–Trinajstić information content (AvgIpc) is 2.48. The summed E-state index contributed by atoms with van der Waals surface area (Å²) in [5.41, 5.74) is -0.635. The van der Waals surface area contributed by atoms with Crippen molar-refractivity contribution >= 4 is 0 Å². The Labute approximate surface area is 114 Å². The summed E-state index contributed by atoms with van der Waals surface area (Å²) < 4.78 is 10.8. The van der Waals surface area contributed by atoms with Crippen molar-refractivity contribution in [2.75, 3.05) is 33.5 Å². The van der Waals surface area contributed by atoms with Crippen LogP contribution in [0.2, 0.25) is 0 Å². The maximum Gasteiger partial charge on any atom is 0.161 e. The van der Waals surface area contributed by atoms with E-state index in [1.807, 2.05) is 31.2 Å². The molecule has 5 nitrogen and oxygen atoms in total. The number of methoxy groups -OCH3 is 1. The minimum Gasteiger partial charge on any atom is -0.493 e. The Kier molecular flexibility index (Phi) is 6.62. The van der Waals surface area contributed by atoms with Gasteiger partial charge in [0.15, 0.2) is 11.5 Å². The first-order valence-electron chi connectivity index (χ1n) is 6.44. The third kappa shape index (κ3) is 4.38. The lowest BCUT2D eigenvalue weighted by molar-refractivity contribution is 0.0843. The van der Waals surface area contributed by atoms with Gasteiger partial charge >= 0.3 is 0 Å². The summed E-state index contributed by atoms with van der Waals surface area (Å²) in [5.74, 6) is 1.37. The third-order valence-corrected chi connectivity index (χ3v) is 3.21. The highest BCUT2D eigenvalue weighted by Gasteiger charge is 2.25. The Balaban J connectivity index is 2.42. The number of benzene rings is 1. The quantitative estimate of drug-likeness (QED) is 0.578. The van der Waals surface area contributed by atoms with Gasteiger partial charge in [0.25, 0.3) is 0 Å². The number of nitrogens with one attached hydrogen (secondary N) is 1. The molecular weight excluding hydrogens is 246 g/mol. The molecule has 0 bridgehead atoms. The van der Waals surface area contributed by atoms with Crippen molar-refractivity contribution in [3.63, 3.8) is 0 Å². The van der Waals surface area contributed by atoms with E-state index in [1.54, 1.807) is 7.11 Å². The first-order chi connectivity index (χ1) is 9.21. The second kappa shape index (κ2) is 7.99. The van der Waals surface area contributed by atoms with Crippen LogP contribution in [-0.4, -0.2) is 49.2 Å². The van der Waals surface area contributed by atoms with Crippen LogP contribution in [0.3, 0.4) is 0 Å². The SMILES string of the molecule is CCC(CO)(CO)NCCOc1ccccc1OC. The van der Waals surface area contributed by atoms with Gasteiger partial charge in [0.05, 0.1) is 25.9 Å². The van der Waals surface area contributed by atoms with Crippen LogP contribution in [0.15, 0.2) is 24.3 Å². The summed E-state index contributed by atoms with van der Waals surface area (Å²) in [7, 11) is 1.60. The Bertz CT molecular complexity index is 358. The highest BCUT2D eigenvalue weighted by molar-refractivity contribution is 5.39. The summed E-state index contributed by atoms with van der Waals surface area (Å²) in [5, 5.41) is 21.7. The van der Waals surface area contributed by atoms with Gasteiger partial charge in [-0.25, -0.2) is 0 Å². The minimum atomic E-state index is -0.635. The minimum absolute atomic E-state index is 0.103. The van der Waals surface area contributed by atoms with E-state index in [9.17, 15) is 10.2 Å². The molecule has 108 valence electrons. The maximum atomic E-state index is 9.29. The molecule has 0 spiro atoms. The lowest BCUT2D eigenvalue weighted by atomic mass is 9.99. The fraction of sp³-hybridized carbons (Fsp3) is 0.571. The maximum absolute atomic E-state index is 9.29. The van der Waals surface area contributed by atoms with Gasteiger partial charge in [-0.3, -0.25) is 0 Å². The monoisotopic (exact) mass is 269 g/mol. The Morgan fingerprint density at radius 1 is 1.16 bits per heavy atom. The fourth-order valence-electron chi connectivity index (χ4n) is 1.73. The zero-order valence-electron chi connectivity index (χ0n) is 11.6. The van der Waals surface area contributed by atoms with Crippen molar-refractivity contribution in [3.8, 4) is 11.5 Å². The number of para-hydroxylation sites is 2.